The molecule has 1 N–H and O–H groups in total. The third-order valence-electron chi connectivity index (χ3n) is 3.41. The highest BCUT2D eigenvalue weighted by molar-refractivity contribution is 6.01. The monoisotopic (exact) mass is 302 g/mol. The first-order chi connectivity index (χ1) is 10.5. The molecule has 0 aliphatic heterocycles. The highest BCUT2D eigenvalue weighted by Gasteiger charge is 2.48. The Morgan fingerprint density at radius 2 is 1.82 bits per heavy atom. The average Bonchev–Trinajstić information content (AvgIpc) is 2.98. The van der Waals surface area contributed by atoms with Crippen LogP contribution in [0.2, 0.25) is 0 Å². The third-order valence-corrected chi connectivity index (χ3v) is 3.41. The van der Waals surface area contributed by atoms with Gasteiger partial charge in [0.25, 0.3) is 5.78 Å². The van der Waals surface area contributed by atoms with E-state index in [0.29, 0.717) is 5.65 Å². The number of halogens is 2. The average molecular weight is 302 g/mol. The van der Waals surface area contributed by atoms with Crippen LogP contribution in [0, 0.1) is 0 Å². The van der Waals surface area contributed by atoms with Gasteiger partial charge in [-0.3, -0.25) is 9.20 Å². The van der Waals surface area contributed by atoms with Crippen LogP contribution in [-0.2, 0) is 0 Å². The second kappa shape index (κ2) is 5.31. The maximum absolute atomic E-state index is 14.3. The molecule has 0 aliphatic rings. The minimum absolute atomic E-state index is 0.0188. The predicted octanol–water partition coefficient (Wildman–Crippen LogP) is 2.89. The number of aliphatic hydroxyl groups excluding tert-OH is 1. The van der Waals surface area contributed by atoms with E-state index >= 15 is 0 Å². The molecule has 0 spiro atoms. The van der Waals surface area contributed by atoms with Crippen LogP contribution in [0.5, 0.6) is 0 Å². The molecule has 0 amide bonds. The van der Waals surface area contributed by atoms with Gasteiger partial charge in [-0.15, -0.1) is 0 Å². The number of fused-ring (bicyclic) bond motifs is 1. The van der Waals surface area contributed by atoms with Crippen LogP contribution < -0.4 is 0 Å². The summed E-state index contributed by atoms with van der Waals surface area (Å²) in [5.41, 5.74) is 0.0982. The van der Waals surface area contributed by atoms with Crippen molar-refractivity contribution in [2.45, 2.75) is 12.0 Å². The van der Waals surface area contributed by atoms with E-state index in [1.54, 1.807) is 24.3 Å². The predicted molar refractivity (Wildman–Crippen MR) is 75.9 cm³/mol. The lowest BCUT2D eigenvalue weighted by molar-refractivity contribution is -0.0795. The van der Waals surface area contributed by atoms with E-state index in [2.05, 4.69) is 4.98 Å². The molecular weight excluding hydrogens is 290 g/mol. The van der Waals surface area contributed by atoms with Gasteiger partial charge in [-0.05, 0) is 17.7 Å². The van der Waals surface area contributed by atoms with Gasteiger partial charge in [-0.25, -0.2) is 4.98 Å². The van der Waals surface area contributed by atoms with Gasteiger partial charge in [0, 0.05) is 6.20 Å². The Kier molecular flexibility index (Phi) is 3.46. The Balaban J connectivity index is 2.00. The quantitative estimate of drug-likeness (QED) is 0.754. The van der Waals surface area contributed by atoms with E-state index in [-0.39, 0.29) is 11.3 Å². The van der Waals surface area contributed by atoms with Gasteiger partial charge < -0.3 is 5.11 Å². The Morgan fingerprint density at radius 1 is 1.14 bits per heavy atom. The topological polar surface area (TPSA) is 54.6 Å². The van der Waals surface area contributed by atoms with Crippen LogP contribution >= 0.6 is 0 Å². The fraction of sp³-hybridized carbons (Fsp3) is 0.125. The number of carbonyl (C=O) groups is 1. The zero-order chi connectivity index (χ0) is 15.7. The lowest BCUT2D eigenvalue weighted by Gasteiger charge is -2.21. The maximum atomic E-state index is 14.3. The Morgan fingerprint density at radius 3 is 2.55 bits per heavy atom. The molecule has 0 saturated carbocycles. The number of aromatic nitrogens is 2. The van der Waals surface area contributed by atoms with Crippen molar-refractivity contribution < 1.29 is 18.7 Å². The molecule has 0 bridgehead atoms. The molecule has 0 fully saturated rings. The van der Waals surface area contributed by atoms with E-state index in [4.69, 9.17) is 0 Å². The van der Waals surface area contributed by atoms with Gasteiger partial charge in [0.1, 0.15) is 11.3 Å². The fourth-order valence-electron chi connectivity index (χ4n) is 2.24. The minimum atomic E-state index is -3.95. The van der Waals surface area contributed by atoms with E-state index in [9.17, 15) is 18.7 Å². The van der Waals surface area contributed by atoms with Gasteiger partial charge in [-0.1, -0.05) is 36.4 Å². The van der Waals surface area contributed by atoms with Crippen molar-refractivity contribution >= 4 is 11.4 Å². The SMILES string of the molecule is O=C(c1cnc2ccccn12)C(F)(F)[C@H](O)c1ccccc1. The highest BCUT2D eigenvalue weighted by Crippen LogP contribution is 2.34. The van der Waals surface area contributed by atoms with Crippen molar-refractivity contribution in [2.24, 2.45) is 0 Å². The summed E-state index contributed by atoms with van der Waals surface area (Å²) >= 11 is 0. The number of hydrogen-bond acceptors (Lipinski definition) is 3. The Labute approximate surface area is 124 Å². The van der Waals surface area contributed by atoms with E-state index in [0.717, 1.165) is 6.20 Å². The normalized spacial score (nSPS) is 13.2. The minimum Gasteiger partial charge on any atom is -0.382 e. The van der Waals surface area contributed by atoms with E-state index in [1.165, 1.54) is 34.9 Å². The van der Waals surface area contributed by atoms with Crippen molar-refractivity contribution in [2.75, 3.05) is 0 Å². The molecular formula is C16H12F2N2O2. The second-order valence-corrected chi connectivity index (χ2v) is 4.84. The number of ketones is 1. The molecule has 0 saturated heterocycles. The smallest absolute Gasteiger partial charge is 0.340 e. The molecule has 0 aliphatic carbocycles. The summed E-state index contributed by atoms with van der Waals surface area (Å²) in [4.78, 5) is 16.1. The second-order valence-electron chi connectivity index (χ2n) is 4.84. The van der Waals surface area contributed by atoms with Gasteiger partial charge in [0.2, 0.25) is 0 Å². The zero-order valence-electron chi connectivity index (χ0n) is 11.4. The van der Waals surface area contributed by atoms with Crippen molar-refractivity contribution in [1.29, 1.82) is 0 Å². The first kappa shape index (κ1) is 14.3. The number of hydrogen-bond donors (Lipinski definition) is 1. The number of Topliss-reactive ketones (excluding diaryl/α,β-unsaturated/α-hetero) is 1. The lowest BCUT2D eigenvalue weighted by Crippen LogP contribution is -2.36. The van der Waals surface area contributed by atoms with Crippen LogP contribution in [0.4, 0.5) is 8.78 Å². The Bertz CT molecular complexity index is 815. The summed E-state index contributed by atoms with van der Waals surface area (Å²) in [5.74, 6) is -5.42. The third kappa shape index (κ3) is 2.27. The Hall–Kier alpha value is -2.60. The number of nitrogens with zero attached hydrogens (tertiary/aromatic N) is 2. The molecule has 6 heteroatoms. The molecule has 4 nitrogen and oxygen atoms in total. The number of alkyl halides is 2. The summed E-state index contributed by atoms with van der Waals surface area (Å²) in [6.07, 6.45) is 0.347. The first-order valence-electron chi connectivity index (χ1n) is 6.59. The number of pyridine rings is 1. The summed E-state index contributed by atoms with van der Waals surface area (Å²) in [6.45, 7) is 0. The van der Waals surface area contributed by atoms with Crippen molar-refractivity contribution in [3.05, 3.63) is 72.2 Å². The molecule has 22 heavy (non-hydrogen) atoms. The maximum Gasteiger partial charge on any atom is 0.340 e. The van der Waals surface area contributed by atoms with E-state index < -0.39 is 17.8 Å². The largest absolute Gasteiger partial charge is 0.382 e. The number of benzene rings is 1. The molecule has 0 radical (unpaired) electrons. The molecule has 3 aromatic rings. The highest BCUT2D eigenvalue weighted by atomic mass is 19.3. The summed E-state index contributed by atoms with van der Waals surface area (Å²) in [6, 6.07) is 12.3. The lowest BCUT2D eigenvalue weighted by atomic mass is 9.99. The van der Waals surface area contributed by atoms with Gasteiger partial charge in [0.15, 0.2) is 6.10 Å². The molecule has 2 aromatic heterocycles. The number of aliphatic hydroxyl groups is 1. The molecule has 0 unspecified atom stereocenters. The standard InChI is InChI=1S/C16H12F2N2O2/c17-16(18,14(21)11-6-2-1-3-7-11)15(22)12-10-19-13-8-4-5-9-20(12)13/h1-10,14,21H/t14-/m1/s1. The molecule has 3 rings (SSSR count). The van der Waals surface area contributed by atoms with Crippen molar-refractivity contribution in [3.63, 3.8) is 0 Å². The molecule has 1 aromatic carbocycles. The molecule has 1 atom stereocenters. The van der Waals surface area contributed by atoms with Gasteiger partial charge >= 0.3 is 5.92 Å². The molecule has 112 valence electrons. The fourth-order valence-corrected chi connectivity index (χ4v) is 2.24. The number of rotatable bonds is 4. The van der Waals surface area contributed by atoms with Crippen molar-refractivity contribution in [1.82, 2.24) is 9.38 Å². The van der Waals surface area contributed by atoms with Crippen LogP contribution in [-0.4, -0.2) is 26.2 Å². The zero-order valence-corrected chi connectivity index (χ0v) is 11.4. The number of carbonyl (C=O) groups excluding carboxylic acids is 1. The van der Waals surface area contributed by atoms with Crippen LogP contribution in [0.15, 0.2) is 60.9 Å². The van der Waals surface area contributed by atoms with Crippen LogP contribution in [0.25, 0.3) is 5.65 Å². The first-order valence-corrected chi connectivity index (χ1v) is 6.59. The molecule has 2 heterocycles. The van der Waals surface area contributed by atoms with E-state index in [1.807, 2.05) is 0 Å². The van der Waals surface area contributed by atoms with Gasteiger partial charge in [-0.2, -0.15) is 8.78 Å². The summed E-state index contributed by atoms with van der Waals surface area (Å²) in [5, 5.41) is 9.89. The summed E-state index contributed by atoms with van der Waals surface area (Å²) < 4.78 is 30.0. The summed E-state index contributed by atoms with van der Waals surface area (Å²) in [7, 11) is 0. The van der Waals surface area contributed by atoms with Gasteiger partial charge in [0.05, 0.1) is 6.20 Å². The van der Waals surface area contributed by atoms with Crippen LogP contribution in [0.3, 0.4) is 0 Å². The number of imidazole rings is 1. The van der Waals surface area contributed by atoms with Crippen LogP contribution in [0.1, 0.15) is 22.2 Å². The van der Waals surface area contributed by atoms with Crippen molar-refractivity contribution in [3.8, 4) is 0 Å².